The molecule has 0 saturated heterocycles. The van der Waals surface area contributed by atoms with Crippen LogP contribution in [0.25, 0.3) is 0 Å². The van der Waals surface area contributed by atoms with Crippen molar-refractivity contribution in [3.8, 4) is 5.75 Å². The van der Waals surface area contributed by atoms with Crippen LogP contribution in [0.15, 0.2) is 58.8 Å². The Morgan fingerprint density at radius 3 is 2.43 bits per heavy atom. The van der Waals surface area contributed by atoms with E-state index in [0.29, 0.717) is 6.54 Å². The van der Waals surface area contributed by atoms with Crippen LogP contribution >= 0.6 is 0 Å². The molecular formula is C15H11F3N2O. The fourth-order valence-corrected chi connectivity index (χ4v) is 2.30. The summed E-state index contributed by atoms with van der Waals surface area (Å²) < 4.78 is 40.3. The first-order valence-electron chi connectivity index (χ1n) is 6.33. The minimum absolute atomic E-state index is 0.243. The van der Waals surface area contributed by atoms with Crippen molar-refractivity contribution in [2.45, 2.75) is 18.9 Å². The number of rotatable bonds is 2. The van der Waals surface area contributed by atoms with E-state index in [1.165, 1.54) is 12.1 Å². The van der Waals surface area contributed by atoms with Gasteiger partial charge in [-0.15, -0.1) is 13.2 Å². The standard InChI is InChI=1S/C15H11F3N2O/c16-15(17,18)21-12-7-5-10(6-8-12)14-13-4-2-1-3-11(13)9-19-20-14/h1-8,14H,9H2. The zero-order chi connectivity index (χ0) is 14.9. The quantitative estimate of drug-likeness (QED) is 0.793. The maximum Gasteiger partial charge on any atom is 0.573 e. The Labute approximate surface area is 119 Å². The summed E-state index contributed by atoms with van der Waals surface area (Å²) in [4.78, 5) is 0. The van der Waals surface area contributed by atoms with Gasteiger partial charge in [-0.05, 0) is 28.8 Å². The predicted molar refractivity (Wildman–Crippen MR) is 70.0 cm³/mol. The van der Waals surface area contributed by atoms with Crippen molar-refractivity contribution >= 4 is 0 Å². The lowest BCUT2D eigenvalue weighted by Crippen LogP contribution is -2.17. The number of hydrogen-bond donors (Lipinski definition) is 0. The van der Waals surface area contributed by atoms with Crippen LogP contribution in [0.1, 0.15) is 22.7 Å². The van der Waals surface area contributed by atoms with Crippen LogP contribution in [-0.4, -0.2) is 6.36 Å². The van der Waals surface area contributed by atoms with Crippen LogP contribution in [0.2, 0.25) is 0 Å². The molecule has 0 N–H and O–H groups in total. The van der Waals surface area contributed by atoms with Crippen molar-refractivity contribution < 1.29 is 17.9 Å². The average molecular weight is 292 g/mol. The smallest absolute Gasteiger partial charge is 0.406 e. The highest BCUT2D eigenvalue weighted by atomic mass is 19.4. The molecule has 2 aromatic rings. The summed E-state index contributed by atoms with van der Waals surface area (Å²) in [5, 5.41) is 8.28. The molecule has 21 heavy (non-hydrogen) atoms. The van der Waals surface area contributed by atoms with Gasteiger partial charge in [0.2, 0.25) is 0 Å². The molecule has 2 aromatic carbocycles. The highest BCUT2D eigenvalue weighted by molar-refractivity contribution is 5.40. The topological polar surface area (TPSA) is 34.0 Å². The van der Waals surface area contributed by atoms with Crippen LogP contribution in [0.4, 0.5) is 13.2 Å². The number of fused-ring (bicyclic) bond motifs is 1. The Bertz CT molecular complexity index is 665. The molecule has 1 atom stereocenters. The molecule has 3 nitrogen and oxygen atoms in total. The minimum Gasteiger partial charge on any atom is -0.406 e. The Morgan fingerprint density at radius 1 is 1.00 bits per heavy atom. The van der Waals surface area contributed by atoms with Crippen LogP contribution in [0, 0.1) is 0 Å². The molecule has 0 bridgehead atoms. The fraction of sp³-hybridized carbons (Fsp3) is 0.200. The van der Waals surface area contributed by atoms with E-state index in [4.69, 9.17) is 0 Å². The third kappa shape index (κ3) is 3.04. The Kier molecular flexibility index (Phi) is 3.37. The lowest BCUT2D eigenvalue weighted by atomic mass is 9.94. The first-order chi connectivity index (χ1) is 10.0. The van der Waals surface area contributed by atoms with Crippen LogP contribution in [-0.2, 0) is 6.54 Å². The molecule has 0 amide bonds. The third-order valence-corrected chi connectivity index (χ3v) is 3.22. The zero-order valence-electron chi connectivity index (χ0n) is 10.8. The molecule has 0 radical (unpaired) electrons. The monoisotopic (exact) mass is 292 g/mol. The van der Waals surface area contributed by atoms with E-state index in [1.807, 2.05) is 24.3 Å². The van der Waals surface area contributed by atoms with Gasteiger partial charge in [-0.3, -0.25) is 0 Å². The van der Waals surface area contributed by atoms with Crippen molar-refractivity contribution in [1.29, 1.82) is 0 Å². The molecule has 6 heteroatoms. The summed E-state index contributed by atoms with van der Waals surface area (Å²) in [6.45, 7) is 0.530. The van der Waals surface area contributed by atoms with E-state index in [2.05, 4.69) is 15.0 Å². The minimum atomic E-state index is -4.68. The van der Waals surface area contributed by atoms with Gasteiger partial charge in [0, 0.05) is 0 Å². The van der Waals surface area contributed by atoms with Gasteiger partial charge in [-0.25, -0.2) is 0 Å². The largest absolute Gasteiger partial charge is 0.573 e. The van der Waals surface area contributed by atoms with Gasteiger partial charge >= 0.3 is 6.36 Å². The first kappa shape index (κ1) is 13.6. The number of azo groups is 1. The molecule has 0 fully saturated rings. The van der Waals surface area contributed by atoms with Crippen molar-refractivity contribution in [3.63, 3.8) is 0 Å². The summed E-state index contributed by atoms with van der Waals surface area (Å²) in [5.74, 6) is -0.243. The zero-order valence-corrected chi connectivity index (χ0v) is 10.8. The first-order valence-corrected chi connectivity index (χ1v) is 6.33. The molecular weight excluding hydrogens is 281 g/mol. The number of hydrogen-bond acceptors (Lipinski definition) is 3. The van der Waals surface area contributed by atoms with E-state index in [1.54, 1.807) is 12.1 Å². The molecule has 0 spiro atoms. The van der Waals surface area contributed by atoms with E-state index < -0.39 is 6.36 Å². The van der Waals surface area contributed by atoms with Gasteiger partial charge in [0.25, 0.3) is 0 Å². The summed E-state index contributed by atoms with van der Waals surface area (Å²) in [6, 6.07) is 13.2. The molecule has 0 aromatic heterocycles. The molecule has 1 heterocycles. The highest BCUT2D eigenvalue weighted by Gasteiger charge is 2.31. The van der Waals surface area contributed by atoms with Crippen LogP contribution < -0.4 is 4.74 Å². The van der Waals surface area contributed by atoms with Gasteiger partial charge < -0.3 is 4.74 Å². The van der Waals surface area contributed by atoms with Crippen LogP contribution in [0.3, 0.4) is 0 Å². The summed E-state index contributed by atoms with van der Waals surface area (Å²) in [7, 11) is 0. The maximum atomic E-state index is 12.1. The van der Waals surface area contributed by atoms with Crippen molar-refractivity contribution in [2.75, 3.05) is 0 Å². The Balaban J connectivity index is 1.88. The van der Waals surface area contributed by atoms with Gasteiger partial charge in [0.15, 0.2) is 0 Å². The lowest BCUT2D eigenvalue weighted by molar-refractivity contribution is -0.274. The molecule has 108 valence electrons. The Hall–Kier alpha value is -2.37. The number of ether oxygens (including phenoxy) is 1. The number of nitrogens with zero attached hydrogens (tertiary/aromatic N) is 2. The second-order valence-corrected chi connectivity index (χ2v) is 4.63. The van der Waals surface area contributed by atoms with Crippen LogP contribution in [0.5, 0.6) is 5.75 Å². The maximum absolute atomic E-state index is 12.1. The average Bonchev–Trinajstić information content (AvgIpc) is 2.46. The molecule has 1 aliphatic rings. The highest BCUT2D eigenvalue weighted by Crippen LogP contribution is 2.34. The molecule has 0 aliphatic carbocycles. The Morgan fingerprint density at radius 2 is 1.71 bits per heavy atom. The fourth-order valence-electron chi connectivity index (χ4n) is 2.30. The lowest BCUT2D eigenvalue weighted by Gasteiger charge is -2.19. The third-order valence-electron chi connectivity index (χ3n) is 3.22. The summed E-state index contributed by atoms with van der Waals surface area (Å²) in [5.41, 5.74) is 2.88. The van der Waals surface area contributed by atoms with Gasteiger partial charge in [0.05, 0.1) is 6.54 Å². The SMILES string of the molecule is FC(F)(F)Oc1ccc(C2N=NCc3ccccc32)cc1. The second-order valence-electron chi connectivity index (χ2n) is 4.63. The molecule has 0 saturated carbocycles. The van der Waals surface area contributed by atoms with E-state index in [0.717, 1.165) is 16.7 Å². The summed E-state index contributed by atoms with van der Waals surface area (Å²) in [6.07, 6.45) is -4.68. The van der Waals surface area contributed by atoms with E-state index in [9.17, 15) is 13.2 Å². The number of halogens is 3. The van der Waals surface area contributed by atoms with Gasteiger partial charge in [-0.1, -0.05) is 36.4 Å². The van der Waals surface area contributed by atoms with E-state index >= 15 is 0 Å². The number of alkyl halides is 3. The molecule has 1 unspecified atom stereocenters. The second kappa shape index (κ2) is 5.20. The van der Waals surface area contributed by atoms with Gasteiger partial charge in [-0.2, -0.15) is 10.2 Å². The van der Waals surface area contributed by atoms with Gasteiger partial charge in [0.1, 0.15) is 11.8 Å². The van der Waals surface area contributed by atoms with Crippen molar-refractivity contribution in [1.82, 2.24) is 0 Å². The summed E-state index contributed by atoms with van der Waals surface area (Å²) >= 11 is 0. The van der Waals surface area contributed by atoms with Crippen molar-refractivity contribution in [3.05, 3.63) is 65.2 Å². The van der Waals surface area contributed by atoms with Crippen molar-refractivity contribution in [2.24, 2.45) is 10.2 Å². The molecule has 1 aliphatic heterocycles. The number of benzene rings is 2. The predicted octanol–water partition coefficient (Wildman–Crippen LogP) is 4.64. The van der Waals surface area contributed by atoms with E-state index in [-0.39, 0.29) is 11.8 Å². The molecule has 3 rings (SSSR count). The normalized spacial score (nSPS) is 17.4.